The number of nitrogens with two attached hydrogens (primary N) is 1. The molecule has 6 aromatic rings. The van der Waals surface area contributed by atoms with Crippen LogP contribution in [-0.2, 0) is 19.2 Å². The molecule has 5 saturated heterocycles. The van der Waals surface area contributed by atoms with Crippen LogP contribution in [0.3, 0.4) is 0 Å². The number of hydrogen-bond donors (Lipinski definition) is 5. The Labute approximate surface area is 507 Å². The lowest BCUT2D eigenvalue weighted by atomic mass is 9.85. The molecule has 4 aromatic heterocycles. The van der Waals surface area contributed by atoms with Gasteiger partial charge in [0.2, 0.25) is 29.5 Å². The number of carbonyl (C=O) groups excluding carboxylic acids is 4. The number of β-amino-alcohol motifs (C(OH)–C–C–N with tert-alkyl or cyclic N) is 1. The fourth-order valence-electron chi connectivity index (χ4n) is 14.5. The largest absolute Gasteiger partial charge is 0.472 e. The molecule has 6 aliphatic rings. The summed E-state index contributed by atoms with van der Waals surface area (Å²) in [6, 6.07) is 9.71. The van der Waals surface area contributed by atoms with Gasteiger partial charge in [0.15, 0.2) is 5.82 Å². The number of pyridine rings is 1. The molecule has 0 aliphatic carbocycles. The molecular weight excluding hydrogens is 1140 g/mol. The summed E-state index contributed by atoms with van der Waals surface area (Å²) >= 11 is 3.03. The molecule has 6 N–H and O–H groups in total. The summed E-state index contributed by atoms with van der Waals surface area (Å²) in [6.45, 7) is 15.5. The van der Waals surface area contributed by atoms with Crippen molar-refractivity contribution in [2.24, 2.45) is 5.41 Å². The highest BCUT2D eigenvalue weighted by Gasteiger charge is 2.54. The number of benzene rings is 2. The molecule has 458 valence electrons. The summed E-state index contributed by atoms with van der Waals surface area (Å²) in [6.07, 6.45) is 2.84. The quantitative estimate of drug-likeness (QED) is 0.0403. The maximum atomic E-state index is 17.6. The third-order valence-corrected chi connectivity index (χ3v) is 20.7. The van der Waals surface area contributed by atoms with E-state index in [-0.39, 0.29) is 84.9 Å². The van der Waals surface area contributed by atoms with Crippen LogP contribution in [0.15, 0.2) is 53.4 Å². The molecule has 12 rings (SSSR count). The number of aliphatic hydroxyl groups is 1. The Balaban J connectivity index is 0.698. The Morgan fingerprint density at radius 1 is 1.01 bits per heavy atom. The van der Waals surface area contributed by atoms with E-state index in [2.05, 4.69) is 30.7 Å². The number of amides is 4. The highest BCUT2D eigenvalue weighted by atomic mass is 32.1. The van der Waals surface area contributed by atoms with E-state index in [9.17, 15) is 28.7 Å². The van der Waals surface area contributed by atoms with Crippen molar-refractivity contribution < 1.29 is 42.5 Å². The first-order valence-corrected chi connectivity index (χ1v) is 32.2. The summed E-state index contributed by atoms with van der Waals surface area (Å²) in [5.41, 5.74) is 10.9. The molecule has 5 fully saturated rings. The Bertz CT molecular complexity index is 3560. The van der Waals surface area contributed by atoms with E-state index in [0.717, 1.165) is 57.6 Å². The van der Waals surface area contributed by atoms with Crippen LogP contribution in [0.5, 0.6) is 11.9 Å². The van der Waals surface area contributed by atoms with Crippen LogP contribution in [0.4, 0.5) is 20.3 Å². The minimum atomic E-state index is -0.967. The second-order valence-corrected chi connectivity index (χ2v) is 27.4. The summed E-state index contributed by atoms with van der Waals surface area (Å²) in [5, 5.41) is 23.5. The van der Waals surface area contributed by atoms with Crippen LogP contribution < -0.4 is 36.1 Å². The number of nitrogen functional groups attached to an aromatic ring is 1. The first-order valence-electron chi connectivity index (χ1n) is 30.5. The molecule has 0 saturated carbocycles. The van der Waals surface area contributed by atoms with Crippen LogP contribution in [-0.4, -0.2) is 163 Å². The normalized spacial score (nSPS) is 25.4. The van der Waals surface area contributed by atoms with Gasteiger partial charge in [0.1, 0.15) is 53.4 Å². The van der Waals surface area contributed by atoms with Crippen molar-refractivity contribution in [3.63, 3.8) is 0 Å². The number of nitrogens with zero attached hydrogens (tertiary/aromatic N) is 8. The van der Waals surface area contributed by atoms with Crippen molar-refractivity contribution in [3.05, 3.63) is 70.4 Å². The van der Waals surface area contributed by atoms with Gasteiger partial charge in [-0.15, -0.1) is 22.7 Å². The second-order valence-electron chi connectivity index (χ2n) is 25.7. The van der Waals surface area contributed by atoms with E-state index < -0.39 is 65.2 Å². The number of aryl methyl sites for hydroxylation is 1. The number of thiophene rings is 1. The van der Waals surface area contributed by atoms with Gasteiger partial charge in [-0.2, -0.15) is 9.97 Å². The smallest absolute Gasteiger partial charge is 0.319 e. The highest BCUT2D eigenvalue weighted by Crippen LogP contribution is 2.48. The number of halogens is 2. The maximum absolute atomic E-state index is 17.6. The third kappa shape index (κ3) is 11.2. The number of likely N-dealkylation sites (tertiary alicyclic amines) is 1. The number of thiazole rings is 1. The fourth-order valence-corrected chi connectivity index (χ4v) is 16.2. The Kier molecular flexibility index (Phi) is 16.5. The number of anilines is 2. The molecule has 2 bridgehead atoms. The van der Waals surface area contributed by atoms with E-state index in [1.54, 1.807) is 17.4 Å². The average molecular weight is 1220 g/mol. The minimum absolute atomic E-state index is 0.00799. The number of hydrogen-bond acceptors (Lipinski definition) is 17. The topological polar surface area (TPSA) is 234 Å². The zero-order valence-corrected chi connectivity index (χ0v) is 51.5. The Morgan fingerprint density at radius 2 is 1.81 bits per heavy atom. The minimum Gasteiger partial charge on any atom is -0.472 e. The SMILES string of the molecule is CC[C@H](NCCCCC(=O)N[C@H](C(=O)N1C[C@H](O)C[C@H]1C(=O)N[C@@H](C)c1ccc(-c2scnc2C)cc1)C(C)(C)C)C(=O)N1[C@@H]2CC[C@H]1[C@H]1[C@H](C)Oc3nc(-c4cc(N)cc5ccsc45)c(F)c4nc(OC[C@@]56CCCN5C[C@H](F)C6)nc(c34)N1C2. The number of fused-ring (bicyclic) bond motifs is 7. The van der Waals surface area contributed by atoms with E-state index >= 15 is 4.39 Å². The number of piperazine rings is 1. The number of nitrogens with one attached hydrogen (secondary N) is 3. The standard InChI is InChI=1S/C63H78F2N12O7S2/c1-8-44(67-21-10-9-12-47(79)70-55(62(5,6)7)60(82)75-30-42(78)26-46(75)57(80)69-33(2)36-13-15-37(16-14-36)53-34(3)68-32-86-53)59(81)77-41-17-18-45(77)52-35(4)84-58-48-51(49(65)50(71-58)43-25-40(66)24-38-19-23-85-54(38)43)72-61(73-56(48)76(52)29-41)83-31-63-20-11-22-74(63)28-39(64)27-63/h13-16,19,23-25,32-33,35,39,41-42,44-46,52,55,67,78H,8-12,17-18,20-22,26-31,66H2,1-7H3,(H,69,80)(H,70,79)/t33-,35-,39+,41+,42+,44-,45-,46-,52+,55+,63-/m0/s1. The van der Waals surface area contributed by atoms with Crippen LogP contribution in [0.25, 0.3) is 42.7 Å². The molecule has 0 unspecified atom stereocenters. The molecule has 86 heavy (non-hydrogen) atoms. The van der Waals surface area contributed by atoms with E-state index in [0.29, 0.717) is 74.2 Å². The zero-order chi connectivity index (χ0) is 60.5. The second kappa shape index (κ2) is 23.8. The first-order chi connectivity index (χ1) is 41.2. The number of rotatable bonds is 18. The number of carbonyl (C=O) groups is 4. The number of aromatic nitrogens is 4. The molecule has 11 atom stereocenters. The van der Waals surface area contributed by atoms with Gasteiger partial charge in [0, 0.05) is 60.9 Å². The molecule has 4 amide bonds. The van der Waals surface area contributed by atoms with Gasteiger partial charge in [0.05, 0.1) is 51.9 Å². The predicted octanol–water partition coefficient (Wildman–Crippen LogP) is 8.25. The Hall–Kier alpha value is -6.66. The molecular formula is C63H78F2N12O7S2. The van der Waals surface area contributed by atoms with Crippen molar-refractivity contribution in [3.8, 4) is 33.6 Å². The molecule has 0 spiro atoms. The third-order valence-electron chi connectivity index (χ3n) is 18.8. The molecule has 23 heteroatoms. The molecule has 10 heterocycles. The lowest BCUT2D eigenvalue weighted by molar-refractivity contribution is -0.144. The lowest BCUT2D eigenvalue weighted by Gasteiger charge is -2.49. The lowest BCUT2D eigenvalue weighted by Crippen LogP contribution is -2.67. The van der Waals surface area contributed by atoms with Crippen LogP contribution >= 0.6 is 22.7 Å². The van der Waals surface area contributed by atoms with Crippen LogP contribution in [0.1, 0.15) is 123 Å². The van der Waals surface area contributed by atoms with E-state index in [4.69, 9.17) is 30.2 Å². The van der Waals surface area contributed by atoms with Gasteiger partial charge in [-0.25, -0.2) is 18.7 Å². The summed E-state index contributed by atoms with van der Waals surface area (Å²) < 4.78 is 46.7. The summed E-state index contributed by atoms with van der Waals surface area (Å²) in [4.78, 5) is 84.9. The molecule has 0 radical (unpaired) electrons. The van der Waals surface area contributed by atoms with Gasteiger partial charge in [-0.05, 0) is 124 Å². The maximum Gasteiger partial charge on any atom is 0.319 e. The van der Waals surface area contributed by atoms with Crippen molar-refractivity contribution in [2.75, 3.05) is 50.0 Å². The van der Waals surface area contributed by atoms with Crippen molar-refractivity contribution in [1.29, 1.82) is 0 Å². The summed E-state index contributed by atoms with van der Waals surface area (Å²) in [5.74, 6) is -1.23. The summed E-state index contributed by atoms with van der Waals surface area (Å²) in [7, 11) is 0. The van der Waals surface area contributed by atoms with Gasteiger partial charge in [-0.1, -0.05) is 52.0 Å². The number of aliphatic hydroxyl groups excluding tert-OH is 1. The predicted molar refractivity (Wildman–Crippen MR) is 328 cm³/mol. The van der Waals surface area contributed by atoms with Gasteiger partial charge < -0.3 is 51.0 Å². The fraction of sp³-hybridized carbons (Fsp3) is 0.556. The van der Waals surface area contributed by atoms with E-state index in [1.165, 1.54) is 16.2 Å². The van der Waals surface area contributed by atoms with Crippen LogP contribution in [0.2, 0.25) is 0 Å². The van der Waals surface area contributed by atoms with Gasteiger partial charge in [0.25, 0.3) is 0 Å². The highest BCUT2D eigenvalue weighted by molar-refractivity contribution is 7.17. The first kappa shape index (κ1) is 59.7. The van der Waals surface area contributed by atoms with E-state index in [1.807, 2.05) is 101 Å². The van der Waals surface area contributed by atoms with Crippen LogP contribution in [0, 0.1) is 18.2 Å². The zero-order valence-electron chi connectivity index (χ0n) is 49.9. The van der Waals surface area contributed by atoms with Crippen molar-refractivity contribution in [1.82, 2.24) is 50.6 Å². The molecule has 6 aliphatic heterocycles. The average Bonchev–Trinajstić information content (AvgIpc) is 2.14. The number of alkyl halides is 1. The van der Waals surface area contributed by atoms with Gasteiger partial charge in [-0.3, -0.25) is 24.1 Å². The molecule has 2 aromatic carbocycles. The Morgan fingerprint density at radius 3 is 2.57 bits per heavy atom. The number of unbranched alkanes of at least 4 members (excludes halogenated alkanes) is 1. The van der Waals surface area contributed by atoms with Crippen molar-refractivity contribution >= 4 is 78.8 Å². The van der Waals surface area contributed by atoms with Gasteiger partial charge >= 0.3 is 6.01 Å². The monoisotopic (exact) mass is 1220 g/mol. The molecule has 19 nitrogen and oxygen atoms in total. The van der Waals surface area contributed by atoms with Crippen molar-refractivity contribution in [2.45, 2.75) is 179 Å². The number of ether oxygens (including phenoxy) is 2.